The van der Waals surface area contributed by atoms with E-state index in [1.54, 1.807) is 0 Å². The molecule has 0 amide bonds. The van der Waals surface area contributed by atoms with E-state index in [1.165, 1.54) is 11.3 Å². The monoisotopic (exact) mass is 221 g/mol. The quantitative estimate of drug-likeness (QED) is 0.823. The topological polar surface area (TPSA) is 12.0 Å². The maximum atomic E-state index is 3.63. The Bertz CT molecular complexity index is 291. The lowest BCUT2D eigenvalue weighted by molar-refractivity contribution is 0.487. The highest BCUT2D eigenvalue weighted by Crippen LogP contribution is 2.30. The number of hydrogen-bond donors (Lipinski definition) is 1. The first-order valence-corrected chi connectivity index (χ1v) is 6.72. The van der Waals surface area contributed by atoms with Gasteiger partial charge in [-0.05, 0) is 23.8 Å². The third-order valence-corrected chi connectivity index (χ3v) is 4.70. The van der Waals surface area contributed by atoms with Crippen molar-refractivity contribution >= 4 is 11.8 Å². The minimum absolute atomic E-state index is 0.587. The Labute approximate surface area is 96.7 Å². The second-order valence-electron chi connectivity index (χ2n) is 4.47. The normalized spacial score (nSPS) is 28.7. The Morgan fingerprint density at radius 3 is 2.67 bits per heavy atom. The van der Waals surface area contributed by atoms with E-state index < -0.39 is 0 Å². The molecule has 0 spiro atoms. The fourth-order valence-corrected chi connectivity index (χ4v) is 3.27. The lowest BCUT2D eigenvalue weighted by atomic mass is 10.0. The van der Waals surface area contributed by atoms with Gasteiger partial charge in [0.05, 0.1) is 5.37 Å². The van der Waals surface area contributed by atoms with E-state index in [0.29, 0.717) is 11.3 Å². The fourth-order valence-electron chi connectivity index (χ4n) is 1.96. The van der Waals surface area contributed by atoms with Crippen molar-refractivity contribution in [2.24, 2.45) is 5.92 Å². The van der Waals surface area contributed by atoms with Crippen LogP contribution in [-0.4, -0.2) is 17.7 Å². The van der Waals surface area contributed by atoms with Crippen molar-refractivity contribution in [1.82, 2.24) is 5.32 Å². The summed E-state index contributed by atoms with van der Waals surface area (Å²) < 4.78 is 0. The molecule has 0 aliphatic carbocycles. The molecule has 1 aromatic rings. The van der Waals surface area contributed by atoms with Crippen molar-refractivity contribution in [2.45, 2.75) is 25.1 Å². The maximum Gasteiger partial charge on any atom is 0.0599 e. The molecule has 2 heteroatoms. The molecule has 1 N–H and O–H groups in total. The van der Waals surface area contributed by atoms with Crippen LogP contribution in [0.1, 0.15) is 25.3 Å². The smallest absolute Gasteiger partial charge is 0.0599 e. The Hall–Kier alpha value is -0.470. The highest BCUT2D eigenvalue weighted by Gasteiger charge is 2.23. The van der Waals surface area contributed by atoms with Crippen LogP contribution >= 0.6 is 11.8 Å². The van der Waals surface area contributed by atoms with Gasteiger partial charge < -0.3 is 5.32 Å². The summed E-state index contributed by atoms with van der Waals surface area (Å²) >= 11 is 2.06. The molecule has 0 radical (unpaired) electrons. The van der Waals surface area contributed by atoms with Crippen LogP contribution in [0.2, 0.25) is 0 Å². The third kappa shape index (κ3) is 2.76. The van der Waals surface area contributed by atoms with E-state index >= 15 is 0 Å². The van der Waals surface area contributed by atoms with Crippen molar-refractivity contribution in [3.05, 3.63) is 35.9 Å². The fraction of sp³-hybridized carbons (Fsp3) is 0.538. The Morgan fingerprint density at radius 2 is 2.07 bits per heavy atom. The zero-order valence-corrected chi connectivity index (χ0v) is 10.3. The second kappa shape index (κ2) is 5.04. The first kappa shape index (κ1) is 11.0. The number of nitrogens with one attached hydrogen (secondary N) is 1. The highest BCUT2D eigenvalue weighted by atomic mass is 32.2. The molecular formula is C13H19NS. The summed E-state index contributed by atoms with van der Waals surface area (Å²) in [5, 5.41) is 4.22. The summed E-state index contributed by atoms with van der Waals surface area (Å²) in [6.07, 6.45) is 0. The molecule has 1 heterocycles. The third-order valence-electron chi connectivity index (χ3n) is 3.01. The molecule has 3 unspecified atom stereocenters. The van der Waals surface area contributed by atoms with Crippen LogP contribution in [0.25, 0.3) is 0 Å². The molecule has 0 saturated carbocycles. The molecule has 1 fully saturated rings. The summed E-state index contributed by atoms with van der Waals surface area (Å²) in [7, 11) is 0. The van der Waals surface area contributed by atoms with Crippen LogP contribution in [-0.2, 0) is 0 Å². The molecule has 1 aliphatic rings. The van der Waals surface area contributed by atoms with Crippen molar-refractivity contribution in [1.29, 1.82) is 0 Å². The van der Waals surface area contributed by atoms with E-state index in [1.807, 2.05) is 0 Å². The van der Waals surface area contributed by atoms with E-state index in [9.17, 15) is 0 Å². The van der Waals surface area contributed by atoms with Gasteiger partial charge in [-0.15, -0.1) is 11.8 Å². The summed E-state index contributed by atoms with van der Waals surface area (Å²) in [4.78, 5) is 0. The average Bonchev–Trinajstić information content (AvgIpc) is 2.30. The molecule has 82 valence electrons. The molecular weight excluding hydrogens is 202 g/mol. The van der Waals surface area contributed by atoms with Crippen LogP contribution in [0.4, 0.5) is 0 Å². The van der Waals surface area contributed by atoms with Gasteiger partial charge in [-0.2, -0.15) is 0 Å². The van der Waals surface area contributed by atoms with Gasteiger partial charge in [-0.3, -0.25) is 0 Å². The summed E-state index contributed by atoms with van der Waals surface area (Å²) in [6, 6.07) is 10.8. The second-order valence-corrected chi connectivity index (χ2v) is 5.64. The molecule has 1 aliphatic heterocycles. The zero-order chi connectivity index (χ0) is 10.7. The lowest BCUT2D eigenvalue weighted by Gasteiger charge is -2.31. The number of rotatable bonds is 2. The van der Waals surface area contributed by atoms with Gasteiger partial charge >= 0.3 is 0 Å². The predicted molar refractivity (Wildman–Crippen MR) is 68.3 cm³/mol. The van der Waals surface area contributed by atoms with Crippen LogP contribution in [0.15, 0.2) is 30.3 Å². The zero-order valence-electron chi connectivity index (χ0n) is 9.44. The van der Waals surface area contributed by atoms with E-state index in [0.717, 1.165) is 12.5 Å². The summed E-state index contributed by atoms with van der Waals surface area (Å²) in [5.74, 6) is 2.70. The highest BCUT2D eigenvalue weighted by molar-refractivity contribution is 7.99. The molecule has 3 atom stereocenters. The lowest BCUT2D eigenvalue weighted by Crippen LogP contribution is -2.39. The Balaban J connectivity index is 1.99. The first-order chi connectivity index (χ1) is 7.27. The summed E-state index contributed by atoms with van der Waals surface area (Å²) in [6.45, 7) is 5.79. The van der Waals surface area contributed by atoms with Gasteiger partial charge in [-0.25, -0.2) is 0 Å². The van der Waals surface area contributed by atoms with E-state index in [4.69, 9.17) is 0 Å². The Kier molecular flexibility index (Phi) is 3.71. The number of thioether (sulfide) groups is 1. The van der Waals surface area contributed by atoms with Gasteiger partial charge in [0.1, 0.15) is 0 Å². The first-order valence-electron chi connectivity index (χ1n) is 5.67. The van der Waals surface area contributed by atoms with Crippen LogP contribution in [0, 0.1) is 5.92 Å². The average molecular weight is 221 g/mol. The van der Waals surface area contributed by atoms with Crippen LogP contribution in [0.3, 0.4) is 0 Å². The minimum Gasteiger partial charge on any atom is -0.305 e. The van der Waals surface area contributed by atoms with Gasteiger partial charge in [0.25, 0.3) is 0 Å². The molecule has 2 rings (SSSR count). The Morgan fingerprint density at radius 1 is 1.33 bits per heavy atom. The largest absolute Gasteiger partial charge is 0.305 e. The van der Waals surface area contributed by atoms with E-state index in [-0.39, 0.29) is 0 Å². The number of hydrogen-bond acceptors (Lipinski definition) is 2. The van der Waals surface area contributed by atoms with Crippen molar-refractivity contribution in [3.8, 4) is 0 Å². The minimum atomic E-state index is 0.587. The van der Waals surface area contributed by atoms with Gasteiger partial charge in [-0.1, -0.05) is 44.2 Å². The van der Waals surface area contributed by atoms with E-state index in [2.05, 4.69) is 61.3 Å². The molecule has 0 aromatic heterocycles. The van der Waals surface area contributed by atoms with Crippen molar-refractivity contribution in [3.63, 3.8) is 0 Å². The maximum absolute atomic E-state index is 3.63. The SMILES string of the molecule is CC1CNC(C(C)c2ccccc2)SC1. The predicted octanol–water partition coefficient (Wildman–Crippen LogP) is 3.09. The molecule has 1 aromatic carbocycles. The molecule has 1 saturated heterocycles. The van der Waals surface area contributed by atoms with Crippen LogP contribution in [0.5, 0.6) is 0 Å². The molecule has 0 bridgehead atoms. The van der Waals surface area contributed by atoms with Gasteiger partial charge in [0.2, 0.25) is 0 Å². The molecule has 1 nitrogen and oxygen atoms in total. The van der Waals surface area contributed by atoms with Crippen molar-refractivity contribution in [2.75, 3.05) is 12.3 Å². The molecule has 15 heavy (non-hydrogen) atoms. The summed E-state index contributed by atoms with van der Waals surface area (Å²) in [5.41, 5.74) is 1.44. The standard InChI is InChI=1S/C13H19NS/c1-10-8-14-13(15-9-10)11(2)12-6-4-3-5-7-12/h3-7,10-11,13-14H,8-9H2,1-2H3. The van der Waals surface area contributed by atoms with Crippen LogP contribution < -0.4 is 5.32 Å². The van der Waals surface area contributed by atoms with Gasteiger partial charge in [0.15, 0.2) is 0 Å². The van der Waals surface area contributed by atoms with Crippen molar-refractivity contribution < 1.29 is 0 Å². The van der Waals surface area contributed by atoms with Gasteiger partial charge in [0, 0.05) is 5.92 Å². The number of benzene rings is 1.